The number of hydrogen-bond acceptors (Lipinski definition) is 3. The van der Waals surface area contributed by atoms with Crippen LogP contribution in [0.1, 0.15) is 51.4 Å². The number of amides is 1. The van der Waals surface area contributed by atoms with Gasteiger partial charge in [-0.2, -0.15) is 5.10 Å². The Balaban J connectivity index is 2.71. The van der Waals surface area contributed by atoms with Crippen molar-refractivity contribution in [3.63, 3.8) is 0 Å². The second-order valence-electron chi connectivity index (χ2n) is 6.74. The van der Waals surface area contributed by atoms with Crippen LogP contribution in [0.25, 0.3) is 0 Å². The van der Waals surface area contributed by atoms with Gasteiger partial charge in [-0.3, -0.25) is 9.48 Å². The molecule has 1 heterocycles. The summed E-state index contributed by atoms with van der Waals surface area (Å²) in [4.78, 5) is 12.3. The second kappa shape index (κ2) is 6.39. The Bertz CT molecular complexity index is 459. The molecule has 0 aliphatic carbocycles. The molecule has 5 heteroatoms. The van der Waals surface area contributed by atoms with Gasteiger partial charge >= 0.3 is 0 Å². The Kier molecular flexibility index (Phi) is 5.34. The summed E-state index contributed by atoms with van der Waals surface area (Å²) in [6, 6.07) is -0.0507. The lowest BCUT2D eigenvalue weighted by Crippen LogP contribution is -2.38. The molecule has 0 aromatic carbocycles. The van der Waals surface area contributed by atoms with Crippen molar-refractivity contribution < 1.29 is 4.79 Å². The third kappa shape index (κ3) is 4.34. The van der Waals surface area contributed by atoms with Gasteiger partial charge in [0, 0.05) is 24.8 Å². The Morgan fingerprint density at radius 1 is 1.50 bits per heavy atom. The molecular weight excluding hydrogens is 252 g/mol. The molecule has 0 aliphatic heterocycles. The molecule has 2 atom stereocenters. The molecule has 1 amide bonds. The molecule has 20 heavy (non-hydrogen) atoms. The van der Waals surface area contributed by atoms with Crippen LogP contribution >= 0.6 is 0 Å². The van der Waals surface area contributed by atoms with Gasteiger partial charge in [-0.1, -0.05) is 20.8 Å². The van der Waals surface area contributed by atoms with Gasteiger partial charge in [0.1, 0.15) is 0 Å². The maximum absolute atomic E-state index is 12.3. The lowest BCUT2D eigenvalue weighted by Gasteiger charge is -2.25. The summed E-state index contributed by atoms with van der Waals surface area (Å²) in [6.45, 7) is 10.7. The van der Waals surface area contributed by atoms with Gasteiger partial charge < -0.3 is 11.1 Å². The van der Waals surface area contributed by atoms with Crippen LogP contribution in [0.15, 0.2) is 6.20 Å². The highest BCUT2D eigenvalue weighted by Crippen LogP contribution is 2.25. The van der Waals surface area contributed by atoms with Crippen LogP contribution in [-0.4, -0.2) is 22.2 Å². The molecule has 0 saturated heterocycles. The number of carbonyl (C=O) groups excluding carboxylic acids is 1. The highest BCUT2D eigenvalue weighted by Gasteiger charge is 2.25. The third-order valence-electron chi connectivity index (χ3n) is 3.61. The van der Waals surface area contributed by atoms with E-state index in [1.807, 2.05) is 31.8 Å². The molecule has 0 saturated carbocycles. The first kappa shape index (κ1) is 16.7. The van der Waals surface area contributed by atoms with Crippen LogP contribution in [0, 0.1) is 18.3 Å². The molecule has 0 fully saturated rings. The van der Waals surface area contributed by atoms with E-state index in [0.29, 0.717) is 6.54 Å². The van der Waals surface area contributed by atoms with E-state index in [0.717, 1.165) is 17.7 Å². The SMILES string of the molecule is Cc1c(C(C)NC(=O)C(CN)CC(C)(C)C)cnn1C. The highest BCUT2D eigenvalue weighted by molar-refractivity contribution is 5.79. The molecule has 0 aliphatic rings. The van der Waals surface area contributed by atoms with Gasteiger partial charge in [0.15, 0.2) is 0 Å². The summed E-state index contributed by atoms with van der Waals surface area (Å²) in [5, 5.41) is 7.26. The van der Waals surface area contributed by atoms with E-state index < -0.39 is 0 Å². The fraction of sp³-hybridized carbons (Fsp3) is 0.733. The second-order valence-corrected chi connectivity index (χ2v) is 6.74. The average molecular weight is 280 g/mol. The first-order valence-corrected chi connectivity index (χ1v) is 7.14. The molecule has 1 rings (SSSR count). The number of nitrogens with zero attached hydrogens (tertiary/aromatic N) is 2. The molecule has 0 bridgehead atoms. The van der Waals surface area contributed by atoms with E-state index in [4.69, 9.17) is 5.73 Å². The summed E-state index contributed by atoms with van der Waals surface area (Å²) in [7, 11) is 1.90. The lowest BCUT2D eigenvalue weighted by molar-refractivity contribution is -0.126. The predicted molar refractivity (Wildman–Crippen MR) is 81.1 cm³/mol. The number of hydrogen-bond donors (Lipinski definition) is 2. The zero-order valence-electron chi connectivity index (χ0n) is 13.5. The van der Waals surface area contributed by atoms with Crippen LogP contribution in [0.4, 0.5) is 0 Å². The van der Waals surface area contributed by atoms with E-state index >= 15 is 0 Å². The summed E-state index contributed by atoms with van der Waals surface area (Å²) < 4.78 is 1.81. The van der Waals surface area contributed by atoms with Gasteiger partial charge in [0.05, 0.1) is 18.2 Å². The molecular formula is C15H28N4O. The Morgan fingerprint density at radius 2 is 2.10 bits per heavy atom. The quantitative estimate of drug-likeness (QED) is 0.865. The molecule has 114 valence electrons. The first-order chi connectivity index (χ1) is 9.15. The largest absolute Gasteiger partial charge is 0.349 e. The molecule has 0 radical (unpaired) electrons. The van der Waals surface area contributed by atoms with Gasteiger partial charge in [-0.05, 0) is 25.7 Å². The van der Waals surface area contributed by atoms with E-state index in [9.17, 15) is 4.79 Å². The van der Waals surface area contributed by atoms with Gasteiger partial charge in [0.2, 0.25) is 5.91 Å². The fourth-order valence-electron chi connectivity index (χ4n) is 2.37. The Morgan fingerprint density at radius 3 is 2.50 bits per heavy atom. The predicted octanol–water partition coefficient (Wildman–Crippen LogP) is 1.92. The number of aryl methyl sites for hydroxylation is 1. The topological polar surface area (TPSA) is 72.9 Å². The lowest BCUT2D eigenvalue weighted by atomic mass is 9.84. The van der Waals surface area contributed by atoms with Gasteiger partial charge in [0.25, 0.3) is 0 Å². The summed E-state index contributed by atoms with van der Waals surface area (Å²) >= 11 is 0. The smallest absolute Gasteiger partial charge is 0.224 e. The average Bonchev–Trinajstić information content (AvgIpc) is 2.65. The molecule has 2 unspecified atom stereocenters. The Labute approximate surface area is 121 Å². The van der Waals surface area contributed by atoms with E-state index in [-0.39, 0.29) is 23.3 Å². The zero-order valence-corrected chi connectivity index (χ0v) is 13.5. The zero-order chi connectivity index (χ0) is 15.5. The minimum atomic E-state index is -0.144. The van der Waals surface area contributed by atoms with E-state index in [1.165, 1.54) is 0 Å². The summed E-state index contributed by atoms with van der Waals surface area (Å²) in [5.41, 5.74) is 7.96. The van der Waals surface area contributed by atoms with Gasteiger partial charge in [-0.25, -0.2) is 0 Å². The monoisotopic (exact) mass is 280 g/mol. The normalized spacial score (nSPS) is 14.9. The minimum Gasteiger partial charge on any atom is -0.349 e. The van der Waals surface area contributed by atoms with E-state index in [2.05, 4.69) is 31.2 Å². The Hall–Kier alpha value is -1.36. The van der Waals surface area contributed by atoms with Crippen LogP contribution in [0.3, 0.4) is 0 Å². The van der Waals surface area contributed by atoms with Crippen molar-refractivity contribution in [1.82, 2.24) is 15.1 Å². The van der Waals surface area contributed by atoms with Crippen LogP contribution in [0.5, 0.6) is 0 Å². The molecule has 0 spiro atoms. The maximum Gasteiger partial charge on any atom is 0.224 e. The number of nitrogens with two attached hydrogens (primary N) is 1. The van der Waals surface area contributed by atoms with Crippen LogP contribution in [0.2, 0.25) is 0 Å². The minimum absolute atomic E-state index is 0.0261. The third-order valence-corrected chi connectivity index (χ3v) is 3.61. The summed E-state index contributed by atoms with van der Waals surface area (Å²) in [6.07, 6.45) is 2.59. The van der Waals surface area contributed by atoms with E-state index in [1.54, 1.807) is 0 Å². The van der Waals surface area contributed by atoms with Crippen molar-refractivity contribution in [3.05, 3.63) is 17.5 Å². The van der Waals surface area contributed by atoms with Crippen LogP contribution < -0.4 is 11.1 Å². The molecule has 3 N–H and O–H groups in total. The fourth-order valence-corrected chi connectivity index (χ4v) is 2.37. The van der Waals surface area contributed by atoms with Crippen molar-refractivity contribution >= 4 is 5.91 Å². The van der Waals surface area contributed by atoms with Crippen molar-refractivity contribution in [2.24, 2.45) is 24.1 Å². The molecule has 5 nitrogen and oxygen atoms in total. The number of aromatic nitrogens is 2. The van der Waals surface area contributed by atoms with Gasteiger partial charge in [-0.15, -0.1) is 0 Å². The summed E-state index contributed by atoms with van der Waals surface area (Å²) in [5.74, 6) is -0.118. The number of nitrogens with one attached hydrogen (secondary N) is 1. The standard InChI is InChI=1S/C15H28N4O/c1-10(13-9-17-19(6)11(13)2)18-14(20)12(8-16)7-15(3,4)5/h9-10,12H,7-8,16H2,1-6H3,(H,18,20). The first-order valence-electron chi connectivity index (χ1n) is 7.14. The number of carbonyl (C=O) groups is 1. The maximum atomic E-state index is 12.3. The van der Waals surface area contributed by atoms with Crippen molar-refractivity contribution in [3.8, 4) is 0 Å². The van der Waals surface area contributed by atoms with Crippen molar-refractivity contribution in [2.45, 2.75) is 47.1 Å². The molecule has 1 aromatic heterocycles. The van der Waals surface area contributed by atoms with Crippen molar-refractivity contribution in [2.75, 3.05) is 6.54 Å². The van der Waals surface area contributed by atoms with Crippen molar-refractivity contribution in [1.29, 1.82) is 0 Å². The molecule has 1 aromatic rings. The number of rotatable bonds is 5. The van der Waals surface area contributed by atoms with Crippen LogP contribution in [-0.2, 0) is 11.8 Å². The highest BCUT2D eigenvalue weighted by atomic mass is 16.1.